The van der Waals surface area contributed by atoms with Gasteiger partial charge in [0.25, 0.3) is 0 Å². The molecular formula is C12H18N2O4. The van der Waals surface area contributed by atoms with E-state index in [1.54, 1.807) is 13.0 Å². The monoisotopic (exact) mass is 254 g/mol. The highest BCUT2D eigenvalue weighted by Crippen LogP contribution is 2.17. The third-order valence-electron chi connectivity index (χ3n) is 2.39. The standard InChI is InChI=1S/C12H18N2O4/c1-2-18-12(17)9-5-3-4-8(14-9)11(16)10(15)6-7-13/h3-5,10-11,15-16H,2,6-7,13H2,1H3. The van der Waals surface area contributed by atoms with E-state index >= 15 is 0 Å². The molecular weight excluding hydrogens is 236 g/mol. The molecule has 4 N–H and O–H groups in total. The van der Waals surface area contributed by atoms with Gasteiger partial charge in [-0.05, 0) is 32.0 Å². The Bertz CT molecular complexity index is 397. The normalized spacial score (nSPS) is 14.0. The first-order valence-corrected chi connectivity index (χ1v) is 5.80. The highest BCUT2D eigenvalue weighted by Gasteiger charge is 2.20. The number of ether oxygens (including phenoxy) is 1. The van der Waals surface area contributed by atoms with Crippen LogP contribution in [0.1, 0.15) is 35.6 Å². The Balaban J connectivity index is 2.84. The predicted molar refractivity (Wildman–Crippen MR) is 64.8 cm³/mol. The smallest absolute Gasteiger partial charge is 0.356 e. The number of carbonyl (C=O) groups excluding carboxylic acids is 1. The van der Waals surface area contributed by atoms with Crippen molar-refractivity contribution < 1.29 is 19.7 Å². The van der Waals surface area contributed by atoms with Crippen LogP contribution in [0.4, 0.5) is 0 Å². The number of pyridine rings is 1. The number of hydrogen-bond donors (Lipinski definition) is 3. The Morgan fingerprint density at radius 1 is 1.50 bits per heavy atom. The molecule has 0 aliphatic heterocycles. The Kier molecular flexibility index (Phi) is 5.70. The van der Waals surface area contributed by atoms with Gasteiger partial charge in [0.1, 0.15) is 11.8 Å². The predicted octanol–water partition coefficient (Wildman–Crippen LogP) is 0.00140. The number of carbonyl (C=O) groups is 1. The van der Waals surface area contributed by atoms with Gasteiger partial charge in [-0.1, -0.05) is 6.07 Å². The number of rotatable bonds is 6. The van der Waals surface area contributed by atoms with Crippen LogP contribution in [-0.2, 0) is 4.74 Å². The van der Waals surface area contributed by atoms with Crippen LogP contribution >= 0.6 is 0 Å². The Labute approximate surface area is 105 Å². The molecule has 2 atom stereocenters. The number of aliphatic hydroxyl groups excluding tert-OH is 2. The first-order valence-electron chi connectivity index (χ1n) is 5.80. The maximum Gasteiger partial charge on any atom is 0.356 e. The van der Waals surface area contributed by atoms with Gasteiger partial charge in [-0.2, -0.15) is 0 Å². The SMILES string of the molecule is CCOC(=O)c1cccc(C(O)C(O)CCN)n1. The minimum absolute atomic E-state index is 0.105. The summed E-state index contributed by atoms with van der Waals surface area (Å²) in [5.74, 6) is -0.556. The summed E-state index contributed by atoms with van der Waals surface area (Å²) in [5, 5.41) is 19.5. The lowest BCUT2D eigenvalue weighted by Crippen LogP contribution is -2.23. The first-order chi connectivity index (χ1) is 8.60. The average Bonchev–Trinajstić information content (AvgIpc) is 2.38. The molecule has 100 valence electrons. The van der Waals surface area contributed by atoms with E-state index < -0.39 is 18.2 Å². The molecule has 0 spiro atoms. The van der Waals surface area contributed by atoms with Crippen LogP contribution in [0.25, 0.3) is 0 Å². The van der Waals surface area contributed by atoms with Crippen LogP contribution in [0.5, 0.6) is 0 Å². The quantitative estimate of drug-likeness (QED) is 0.617. The lowest BCUT2D eigenvalue weighted by atomic mass is 10.1. The second-order valence-electron chi connectivity index (χ2n) is 3.76. The number of esters is 1. The molecule has 6 heteroatoms. The van der Waals surface area contributed by atoms with Crippen LogP contribution in [0, 0.1) is 0 Å². The molecule has 2 unspecified atom stereocenters. The van der Waals surface area contributed by atoms with E-state index in [9.17, 15) is 15.0 Å². The first kappa shape index (κ1) is 14.6. The van der Waals surface area contributed by atoms with Gasteiger partial charge in [0.05, 0.1) is 18.4 Å². The van der Waals surface area contributed by atoms with E-state index in [0.717, 1.165) is 0 Å². The second kappa shape index (κ2) is 7.05. The summed E-state index contributed by atoms with van der Waals surface area (Å²) < 4.78 is 4.81. The van der Waals surface area contributed by atoms with Gasteiger partial charge >= 0.3 is 5.97 Å². The van der Waals surface area contributed by atoms with E-state index in [4.69, 9.17) is 10.5 Å². The topological polar surface area (TPSA) is 106 Å². The molecule has 0 aliphatic rings. The highest BCUT2D eigenvalue weighted by molar-refractivity contribution is 5.87. The lowest BCUT2D eigenvalue weighted by molar-refractivity contribution is 0.0122. The molecule has 0 amide bonds. The summed E-state index contributed by atoms with van der Waals surface area (Å²) >= 11 is 0. The van der Waals surface area contributed by atoms with Crippen molar-refractivity contribution in [3.8, 4) is 0 Å². The fourth-order valence-corrected chi connectivity index (χ4v) is 1.46. The lowest BCUT2D eigenvalue weighted by Gasteiger charge is -2.16. The molecule has 0 aliphatic carbocycles. The van der Waals surface area contributed by atoms with Crippen LogP contribution in [0.15, 0.2) is 18.2 Å². The van der Waals surface area contributed by atoms with Crippen LogP contribution in [0.3, 0.4) is 0 Å². The van der Waals surface area contributed by atoms with Crippen molar-refractivity contribution in [2.75, 3.05) is 13.2 Å². The number of hydrogen-bond acceptors (Lipinski definition) is 6. The molecule has 0 fully saturated rings. The molecule has 1 heterocycles. The number of aliphatic hydroxyl groups is 2. The highest BCUT2D eigenvalue weighted by atomic mass is 16.5. The van der Waals surface area contributed by atoms with Crippen LogP contribution in [0.2, 0.25) is 0 Å². The third-order valence-corrected chi connectivity index (χ3v) is 2.39. The fraction of sp³-hybridized carbons (Fsp3) is 0.500. The second-order valence-corrected chi connectivity index (χ2v) is 3.76. The Morgan fingerprint density at radius 2 is 2.22 bits per heavy atom. The van der Waals surface area contributed by atoms with Gasteiger partial charge in [0.15, 0.2) is 0 Å². The average molecular weight is 254 g/mol. The summed E-state index contributed by atoms with van der Waals surface area (Å²) in [6.45, 7) is 2.21. The molecule has 0 bridgehead atoms. The van der Waals surface area contributed by atoms with Crippen molar-refractivity contribution in [2.45, 2.75) is 25.6 Å². The van der Waals surface area contributed by atoms with Crippen molar-refractivity contribution in [2.24, 2.45) is 5.73 Å². The Morgan fingerprint density at radius 3 is 2.83 bits per heavy atom. The zero-order valence-corrected chi connectivity index (χ0v) is 10.2. The van der Waals surface area contributed by atoms with Crippen molar-refractivity contribution in [1.82, 2.24) is 4.98 Å². The van der Waals surface area contributed by atoms with Crippen LogP contribution in [-0.4, -0.2) is 40.4 Å². The van der Waals surface area contributed by atoms with Gasteiger partial charge in [0, 0.05) is 0 Å². The summed E-state index contributed by atoms with van der Waals surface area (Å²) in [5.41, 5.74) is 5.63. The molecule has 6 nitrogen and oxygen atoms in total. The number of nitrogens with zero attached hydrogens (tertiary/aromatic N) is 1. The summed E-state index contributed by atoms with van der Waals surface area (Å²) in [6, 6.07) is 4.60. The van der Waals surface area contributed by atoms with Gasteiger partial charge in [0.2, 0.25) is 0 Å². The molecule has 0 radical (unpaired) electrons. The molecule has 1 rings (SSSR count). The van der Waals surface area contributed by atoms with E-state index in [1.807, 2.05) is 0 Å². The summed E-state index contributed by atoms with van der Waals surface area (Å²) in [6.07, 6.45) is -1.91. The van der Waals surface area contributed by atoms with E-state index in [1.165, 1.54) is 12.1 Å². The van der Waals surface area contributed by atoms with E-state index in [2.05, 4.69) is 4.98 Å². The zero-order chi connectivity index (χ0) is 13.5. The number of nitrogens with two attached hydrogens (primary N) is 1. The largest absolute Gasteiger partial charge is 0.461 e. The van der Waals surface area contributed by atoms with Crippen molar-refractivity contribution in [3.05, 3.63) is 29.6 Å². The van der Waals surface area contributed by atoms with Gasteiger partial charge in [-0.3, -0.25) is 0 Å². The molecule has 1 aromatic rings. The summed E-state index contributed by atoms with van der Waals surface area (Å²) in [4.78, 5) is 15.4. The molecule has 0 saturated heterocycles. The molecule has 0 saturated carbocycles. The van der Waals surface area contributed by atoms with Gasteiger partial charge in [-0.25, -0.2) is 9.78 Å². The minimum Gasteiger partial charge on any atom is -0.461 e. The maximum atomic E-state index is 11.5. The van der Waals surface area contributed by atoms with Crippen LogP contribution < -0.4 is 5.73 Å². The molecule has 0 aromatic carbocycles. The van der Waals surface area contributed by atoms with Crippen molar-refractivity contribution in [3.63, 3.8) is 0 Å². The Hall–Kier alpha value is -1.50. The summed E-state index contributed by atoms with van der Waals surface area (Å²) in [7, 11) is 0. The van der Waals surface area contributed by atoms with E-state index in [-0.39, 0.29) is 31.0 Å². The molecule has 18 heavy (non-hydrogen) atoms. The van der Waals surface area contributed by atoms with Crippen molar-refractivity contribution in [1.29, 1.82) is 0 Å². The zero-order valence-electron chi connectivity index (χ0n) is 10.2. The van der Waals surface area contributed by atoms with Gasteiger partial charge < -0.3 is 20.7 Å². The maximum absolute atomic E-state index is 11.5. The van der Waals surface area contributed by atoms with E-state index in [0.29, 0.717) is 0 Å². The third kappa shape index (κ3) is 3.76. The fourth-order valence-electron chi connectivity index (χ4n) is 1.46. The molecule has 1 aromatic heterocycles. The minimum atomic E-state index is -1.16. The number of aromatic nitrogens is 1. The van der Waals surface area contributed by atoms with Gasteiger partial charge in [-0.15, -0.1) is 0 Å². The van der Waals surface area contributed by atoms with Crippen molar-refractivity contribution >= 4 is 5.97 Å².